The average Bonchev–Trinajstić information content (AvgIpc) is 2.04. The van der Waals surface area contributed by atoms with Crippen LogP contribution in [0.2, 0.25) is 0 Å². The second kappa shape index (κ2) is 3.13. The number of hydrogen-bond donors (Lipinski definition) is 1. The fourth-order valence-electron chi connectivity index (χ4n) is 0.752. The number of alkyl halides is 2. The number of nitriles is 1. The number of anilines is 1. The molecule has 1 rings (SSSR count). The van der Waals surface area contributed by atoms with Crippen LogP contribution in [0, 0.1) is 11.3 Å². The van der Waals surface area contributed by atoms with E-state index in [9.17, 15) is 8.78 Å². The normalized spacial score (nSPS) is 9.83. The van der Waals surface area contributed by atoms with Gasteiger partial charge in [-0.3, -0.25) is 0 Å². The van der Waals surface area contributed by atoms with Gasteiger partial charge in [0, 0.05) is 0 Å². The Kier molecular flexibility index (Phi) is 2.19. The van der Waals surface area contributed by atoms with E-state index in [0.29, 0.717) is 0 Å². The van der Waals surface area contributed by atoms with Crippen molar-refractivity contribution in [3.05, 3.63) is 23.4 Å². The topological polar surface area (TPSA) is 62.7 Å². The largest absolute Gasteiger partial charge is 0.384 e. The van der Waals surface area contributed by atoms with Gasteiger partial charge >= 0.3 is 0 Å². The van der Waals surface area contributed by atoms with Crippen LogP contribution in [0.3, 0.4) is 0 Å². The number of rotatable bonds is 1. The molecule has 1 aromatic rings. The third-order valence-electron chi connectivity index (χ3n) is 1.27. The minimum atomic E-state index is -2.76. The van der Waals surface area contributed by atoms with Gasteiger partial charge in [-0.25, -0.2) is 13.8 Å². The molecule has 0 amide bonds. The van der Waals surface area contributed by atoms with Crippen molar-refractivity contribution in [2.24, 2.45) is 0 Å². The molecule has 62 valence electrons. The van der Waals surface area contributed by atoms with Crippen molar-refractivity contribution < 1.29 is 8.78 Å². The van der Waals surface area contributed by atoms with Crippen LogP contribution in [0.4, 0.5) is 14.6 Å². The van der Waals surface area contributed by atoms with Crippen LogP contribution >= 0.6 is 0 Å². The highest BCUT2D eigenvalue weighted by Crippen LogP contribution is 2.20. The van der Waals surface area contributed by atoms with E-state index in [1.807, 2.05) is 0 Å². The molecule has 0 bridgehead atoms. The number of hydrogen-bond acceptors (Lipinski definition) is 3. The first-order valence-electron chi connectivity index (χ1n) is 3.10. The minimum Gasteiger partial charge on any atom is -0.384 e. The SMILES string of the molecule is N#Cc1ccc(N)nc1C(F)F. The van der Waals surface area contributed by atoms with E-state index >= 15 is 0 Å². The highest BCUT2D eigenvalue weighted by molar-refractivity contribution is 5.40. The summed E-state index contributed by atoms with van der Waals surface area (Å²) in [6, 6.07) is 4.14. The van der Waals surface area contributed by atoms with Crippen molar-refractivity contribution in [3.8, 4) is 6.07 Å². The molecule has 0 aliphatic carbocycles. The number of nitrogens with zero attached hydrogens (tertiary/aromatic N) is 2. The average molecular weight is 169 g/mol. The predicted octanol–water partition coefficient (Wildman–Crippen LogP) is 1.47. The zero-order valence-corrected chi connectivity index (χ0v) is 5.96. The van der Waals surface area contributed by atoms with Crippen LogP contribution in [0.25, 0.3) is 0 Å². The first kappa shape index (κ1) is 8.40. The van der Waals surface area contributed by atoms with Crippen molar-refractivity contribution in [2.45, 2.75) is 6.43 Å². The van der Waals surface area contributed by atoms with Crippen molar-refractivity contribution in [3.63, 3.8) is 0 Å². The van der Waals surface area contributed by atoms with Crippen LogP contribution in [-0.2, 0) is 0 Å². The lowest BCUT2D eigenvalue weighted by atomic mass is 10.2. The van der Waals surface area contributed by atoms with Crippen LogP contribution in [0.1, 0.15) is 17.7 Å². The van der Waals surface area contributed by atoms with Gasteiger partial charge in [0.15, 0.2) is 0 Å². The number of halogens is 2. The van der Waals surface area contributed by atoms with Crippen LogP contribution in [-0.4, -0.2) is 4.98 Å². The maximum atomic E-state index is 12.1. The highest BCUT2D eigenvalue weighted by atomic mass is 19.3. The summed E-state index contributed by atoms with van der Waals surface area (Å²) in [5.74, 6) is -0.00991. The predicted molar refractivity (Wildman–Crippen MR) is 38.3 cm³/mol. The van der Waals surface area contributed by atoms with Crippen LogP contribution in [0.15, 0.2) is 12.1 Å². The molecule has 0 saturated heterocycles. The molecular weight excluding hydrogens is 164 g/mol. The lowest BCUT2D eigenvalue weighted by Gasteiger charge is -2.01. The van der Waals surface area contributed by atoms with Crippen molar-refractivity contribution in [1.82, 2.24) is 4.98 Å². The molecule has 0 aliphatic rings. The molecule has 0 aromatic carbocycles. The maximum absolute atomic E-state index is 12.1. The van der Waals surface area contributed by atoms with Crippen molar-refractivity contribution in [2.75, 3.05) is 5.73 Å². The van der Waals surface area contributed by atoms with Gasteiger partial charge in [-0.1, -0.05) is 0 Å². The van der Waals surface area contributed by atoms with Crippen LogP contribution < -0.4 is 5.73 Å². The maximum Gasteiger partial charge on any atom is 0.281 e. The second-order valence-corrected chi connectivity index (χ2v) is 2.08. The summed E-state index contributed by atoms with van der Waals surface area (Å²) >= 11 is 0. The first-order chi connectivity index (χ1) is 5.65. The van der Waals surface area contributed by atoms with Gasteiger partial charge in [0.25, 0.3) is 6.43 Å². The number of pyridine rings is 1. The standard InChI is InChI=1S/C7H5F2N3/c8-7(9)6-4(3-10)1-2-5(11)12-6/h1-2,7H,(H2,11,12). The van der Waals surface area contributed by atoms with Gasteiger partial charge in [-0.05, 0) is 12.1 Å². The summed E-state index contributed by atoms with van der Waals surface area (Å²) < 4.78 is 24.3. The lowest BCUT2D eigenvalue weighted by molar-refractivity contribution is 0.146. The summed E-state index contributed by atoms with van der Waals surface area (Å²) in [5.41, 5.74) is 4.47. The lowest BCUT2D eigenvalue weighted by Crippen LogP contribution is -1.99. The van der Waals surface area contributed by atoms with E-state index in [2.05, 4.69) is 4.98 Å². The Hall–Kier alpha value is -1.70. The molecule has 0 fully saturated rings. The summed E-state index contributed by atoms with van der Waals surface area (Å²) in [6.45, 7) is 0. The van der Waals surface area contributed by atoms with Crippen molar-refractivity contribution in [1.29, 1.82) is 5.26 Å². The Balaban J connectivity index is 3.24. The van der Waals surface area contributed by atoms with E-state index in [0.717, 1.165) is 0 Å². The Labute approximate surface area is 67.4 Å². The van der Waals surface area contributed by atoms with E-state index in [1.165, 1.54) is 12.1 Å². The summed E-state index contributed by atoms with van der Waals surface area (Å²) in [5, 5.41) is 8.39. The van der Waals surface area contributed by atoms with Gasteiger partial charge < -0.3 is 5.73 Å². The molecule has 0 radical (unpaired) electrons. The third kappa shape index (κ3) is 1.48. The Morgan fingerprint density at radius 3 is 2.67 bits per heavy atom. The molecule has 3 nitrogen and oxygen atoms in total. The van der Waals surface area contributed by atoms with Gasteiger partial charge in [0.2, 0.25) is 0 Å². The molecule has 0 saturated carbocycles. The summed E-state index contributed by atoms with van der Waals surface area (Å²) in [6.07, 6.45) is -2.76. The molecule has 5 heteroatoms. The monoisotopic (exact) mass is 169 g/mol. The van der Waals surface area contributed by atoms with Gasteiger partial charge in [0.05, 0.1) is 5.56 Å². The quantitative estimate of drug-likeness (QED) is 0.692. The van der Waals surface area contributed by atoms with E-state index in [-0.39, 0.29) is 11.4 Å². The summed E-state index contributed by atoms with van der Waals surface area (Å²) in [4.78, 5) is 3.35. The van der Waals surface area contributed by atoms with Gasteiger partial charge in [0.1, 0.15) is 17.6 Å². The molecule has 2 N–H and O–H groups in total. The Morgan fingerprint density at radius 1 is 1.50 bits per heavy atom. The smallest absolute Gasteiger partial charge is 0.281 e. The highest BCUT2D eigenvalue weighted by Gasteiger charge is 2.14. The molecule has 0 atom stereocenters. The van der Waals surface area contributed by atoms with E-state index in [1.54, 1.807) is 6.07 Å². The third-order valence-corrected chi connectivity index (χ3v) is 1.27. The first-order valence-corrected chi connectivity index (χ1v) is 3.10. The van der Waals surface area contributed by atoms with Crippen molar-refractivity contribution >= 4 is 5.82 Å². The molecular formula is C7H5F2N3. The fraction of sp³-hybridized carbons (Fsp3) is 0.143. The Bertz CT molecular complexity index is 330. The number of nitrogen functional groups attached to an aromatic ring is 1. The van der Waals surface area contributed by atoms with Gasteiger partial charge in [-0.15, -0.1) is 0 Å². The molecule has 1 aromatic heterocycles. The van der Waals surface area contributed by atoms with Gasteiger partial charge in [-0.2, -0.15) is 5.26 Å². The zero-order valence-electron chi connectivity index (χ0n) is 5.96. The number of aromatic nitrogens is 1. The molecule has 0 aliphatic heterocycles. The summed E-state index contributed by atoms with van der Waals surface area (Å²) in [7, 11) is 0. The van der Waals surface area contributed by atoms with E-state index < -0.39 is 12.1 Å². The zero-order chi connectivity index (χ0) is 9.14. The molecule has 0 unspecified atom stereocenters. The molecule has 1 heterocycles. The molecule has 0 spiro atoms. The number of nitrogens with two attached hydrogens (primary N) is 1. The minimum absolute atomic E-state index is 0.00991. The Morgan fingerprint density at radius 2 is 2.17 bits per heavy atom. The van der Waals surface area contributed by atoms with E-state index in [4.69, 9.17) is 11.0 Å². The fourth-order valence-corrected chi connectivity index (χ4v) is 0.752. The second-order valence-electron chi connectivity index (χ2n) is 2.08. The van der Waals surface area contributed by atoms with Crippen LogP contribution in [0.5, 0.6) is 0 Å². The molecule has 12 heavy (non-hydrogen) atoms.